The Labute approximate surface area is 151 Å². The summed E-state index contributed by atoms with van der Waals surface area (Å²) in [5, 5.41) is 11.0. The van der Waals surface area contributed by atoms with Gasteiger partial charge in [0.05, 0.1) is 36.7 Å². The van der Waals surface area contributed by atoms with Gasteiger partial charge in [0.25, 0.3) is 11.8 Å². The first-order valence-corrected chi connectivity index (χ1v) is 8.49. The van der Waals surface area contributed by atoms with Gasteiger partial charge < -0.3 is 20.7 Å². The molecule has 9 heteroatoms. The van der Waals surface area contributed by atoms with Crippen molar-refractivity contribution in [2.75, 3.05) is 36.5 Å². The Morgan fingerprint density at radius 1 is 1.27 bits per heavy atom. The normalized spacial score (nSPS) is 14.3. The van der Waals surface area contributed by atoms with E-state index in [1.807, 2.05) is 13.0 Å². The molecular formula is C17H22N6O3. The molecule has 2 heterocycles. The summed E-state index contributed by atoms with van der Waals surface area (Å²) in [4.78, 5) is 28.0. The maximum Gasteiger partial charge on any atom is 0.278 e. The lowest BCUT2D eigenvalue weighted by molar-refractivity contribution is 0.100. The van der Waals surface area contributed by atoms with Crippen molar-refractivity contribution in [1.29, 1.82) is 0 Å². The van der Waals surface area contributed by atoms with Crippen molar-refractivity contribution < 1.29 is 14.3 Å². The summed E-state index contributed by atoms with van der Waals surface area (Å²) < 4.78 is 5.34. The van der Waals surface area contributed by atoms with Gasteiger partial charge in [-0.25, -0.2) is 0 Å². The van der Waals surface area contributed by atoms with Gasteiger partial charge >= 0.3 is 0 Å². The van der Waals surface area contributed by atoms with E-state index in [-0.39, 0.29) is 11.3 Å². The third kappa shape index (κ3) is 3.67. The number of nitrogens with one attached hydrogen (secondary N) is 1. The Kier molecular flexibility index (Phi) is 5.17. The fourth-order valence-corrected chi connectivity index (χ4v) is 2.83. The zero-order valence-electron chi connectivity index (χ0n) is 14.9. The smallest absolute Gasteiger partial charge is 0.278 e. The van der Waals surface area contributed by atoms with E-state index in [0.717, 1.165) is 18.8 Å². The molecule has 1 aromatic carbocycles. The summed E-state index contributed by atoms with van der Waals surface area (Å²) in [5.41, 5.74) is 7.74. The fourth-order valence-electron chi connectivity index (χ4n) is 2.83. The number of rotatable bonds is 5. The second-order valence-corrected chi connectivity index (χ2v) is 5.97. The molecule has 0 bridgehead atoms. The Balaban J connectivity index is 1.85. The maximum atomic E-state index is 12.5. The zero-order valence-corrected chi connectivity index (χ0v) is 14.9. The molecular weight excluding hydrogens is 336 g/mol. The van der Waals surface area contributed by atoms with Crippen molar-refractivity contribution in [1.82, 2.24) is 15.0 Å². The average Bonchev–Trinajstić information content (AvgIpc) is 3.03. The summed E-state index contributed by atoms with van der Waals surface area (Å²) in [6, 6.07) is 5.23. The van der Waals surface area contributed by atoms with Gasteiger partial charge in [-0.2, -0.15) is 9.90 Å². The Morgan fingerprint density at radius 3 is 2.62 bits per heavy atom. The lowest BCUT2D eigenvalue weighted by Gasteiger charge is -2.29. The summed E-state index contributed by atoms with van der Waals surface area (Å²) >= 11 is 0. The molecule has 0 radical (unpaired) electrons. The van der Waals surface area contributed by atoms with Crippen molar-refractivity contribution in [3.8, 4) is 0 Å². The lowest BCUT2D eigenvalue weighted by atomic mass is 10.1. The first-order valence-electron chi connectivity index (χ1n) is 8.49. The van der Waals surface area contributed by atoms with Crippen LogP contribution in [0, 0.1) is 6.92 Å². The number of hydrogen-bond acceptors (Lipinski definition) is 6. The van der Waals surface area contributed by atoms with Crippen molar-refractivity contribution in [3.63, 3.8) is 0 Å². The Hall–Kier alpha value is -2.94. The fraction of sp³-hybridized carbons (Fsp3) is 0.412. The van der Waals surface area contributed by atoms with Gasteiger partial charge in [-0.15, -0.1) is 5.10 Å². The van der Waals surface area contributed by atoms with Crippen LogP contribution in [0.15, 0.2) is 18.2 Å². The topological polar surface area (TPSA) is 115 Å². The first kappa shape index (κ1) is 17.9. The molecule has 9 nitrogen and oxygen atoms in total. The van der Waals surface area contributed by atoms with Crippen LogP contribution in [0.1, 0.15) is 33.5 Å². The zero-order chi connectivity index (χ0) is 18.7. The average molecular weight is 358 g/mol. The van der Waals surface area contributed by atoms with E-state index >= 15 is 0 Å². The van der Waals surface area contributed by atoms with Crippen LogP contribution in [0.2, 0.25) is 0 Å². The highest BCUT2D eigenvalue weighted by Crippen LogP contribution is 2.24. The molecule has 0 unspecified atom stereocenters. The van der Waals surface area contributed by atoms with Crippen LogP contribution >= 0.6 is 0 Å². The van der Waals surface area contributed by atoms with E-state index in [1.54, 1.807) is 19.1 Å². The van der Waals surface area contributed by atoms with Crippen LogP contribution in [-0.2, 0) is 11.3 Å². The van der Waals surface area contributed by atoms with Gasteiger partial charge in [-0.1, -0.05) is 0 Å². The molecule has 2 aromatic rings. The van der Waals surface area contributed by atoms with Crippen molar-refractivity contribution in [3.05, 3.63) is 35.2 Å². The van der Waals surface area contributed by atoms with Crippen LogP contribution in [0.3, 0.4) is 0 Å². The van der Waals surface area contributed by atoms with E-state index in [1.165, 1.54) is 4.80 Å². The minimum atomic E-state index is -0.607. The van der Waals surface area contributed by atoms with Crippen LogP contribution < -0.4 is 16.0 Å². The number of aromatic nitrogens is 3. The lowest BCUT2D eigenvalue weighted by Crippen LogP contribution is -2.36. The number of aryl methyl sites for hydroxylation is 2. The number of benzene rings is 1. The van der Waals surface area contributed by atoms with Gasteiger partial charge in [0.1, 0.15) is 0 Å². The number of hydrogen-bond donors (Lipinski definition) is 2. The molecule has 0 aliphatic carbocycles. The minimum absolute atomic E-state index is 0.222. The van der Waals surface area contributed by atoms with E-state index in [2.05, 4.69) is 20.4 Å². The number of carbonyl (C=O) groups excluding carboxylic acids is 2. The predicted molar refractivity (Wildman–Crippen MR) is 96.4 cm³/mol. The second-order valence-electron chi connectivity index (χ2n) is 5.97. The van der Waals surface area contributed by atoms with Crippen LogP contribution in [0.5, 0.6) is 0 Å². The molecule has 1 aliphatic rings. The van der Waals surface area contributed by atoms with Crippen molar-refractivity contribution in [2.45, 2.75) is 20.4 Å². The molecule has 1 aliphatic heterocycles. The quantitative estimate of drug-likeness (QED) is 0.817. The molecule has 138 valence electrons. The second kappa shape index (κ2) is 7.52. The summed E-state index contributed by atoms with van der Waals surface area (Å²) in [6.07, 6.45) is 0. The minimum Gasteiger partial charge on any atom is -0.378 e. The van der Waals surface area contributed by atoms with E-state index in [0.29, 0.717) is 31.1 Å². The third-order valence-electron chi connectivity index (χ3n) is 4.21. The van der Waals surface area contributed by atoms with Crippen molar-refractivity contribution in [2.24, 2.45) is 5.73 Å². The molecule has 1 fully saturated rings. The number of nitrogens with zero attached hydrogens (tertiary/aromatic N) is 4. The highest BCUT2D eigenvalue weighted by Gasteiger charge is 2.20. The molecule has 26 heavy (non-hydrogen) atoms. The number of primary amides is 1. The van der Waals surface area contributed by atoms with Crippen LogP contribution in [-0.4, -0.2) is 53.1 Å². The predicted octanol–water partition coefficient (Wildman–Crippen LogP) is 0.794. The van der Waals surface area contributed by atoms with Crippen LogP contribution in [0.4, 0.5) is 11.4 Å². The summed E-state index contributed by atoms with van der Waals surface area (Å²) in [7, 11) is 0. The monoisotopic (exact) mass is 358 g/mol. The summed E-state index contributed by atoms with van der Waals surface area (Å²) in [5.74, 6) is -1.03. The summed E-state index contributed by atoms with van der Waals surface area (Å²) in [6.45, 7) is 6.91. The van der Waals surface area contributed by atoms with E-state index < -0.39 is 11.8 Å². The maximum absolute atomic E-state index is 12.5. The molecule has 0 saturated carbocycles. The molecule has 3 rings (SSSR count). The van der Waals surface area contributed by atoms with Gasteiger partial charge in [-0.3, -0.25) is 9.59 Å². The van der Waals surface area contributed by atoms with Gasteiger partial charge in [-0.05, 0) is 32.0 Å². The molecule has 3 N–H and O–H groups in total. The number of anilines is 2. The number of ether oxygens (including phenoxy) is 1. The number of morpholine rings is 1. The largest absolute Gasteiger partial charge is 0.378 e. The molecule has 1 saturated heterocycles. The first-order chi connectivity index (χ1) is 12.5. The third-order valence-corrected chi connectivity index (χ3v) is 4.21. The van der Waals surface area contributed by atoms with Gasteiger partial charge in [0.2, 0.25) is 0 Å². The number of amides is 2. The van der Waals surface area contributed by atoms with Crippen molar-refractivity contribution >= 4 is 23.2 Å². The van der Waals surface area contributed by atoms with E-state index in [9.17, 15) is 9.59 Å². The molecule has 1 aromatic heterocycles. The Morgan fingerprint density at radius 2 is 2.00 bits per heavy atom. The molecule has 0 atom stereocenters. The van der Waals surface area contributed by atoms with Gasteiger partial charge in [0, 0.05) is 18.8 Å². The highest BCUT2D eigenvalue weighted by atomic mass is 16.5. The van der Waals surface area contributed by atoms with Crippen LogP contribution in [0.25, 0.3) is 0 Å². The van der Waals surface area contributed by atoms with E-state index in [4.69, 9.17) is 10.5 Å². The number of carbonyl (C=O) groups is 2. The molecule has 0 spiro atoms. The SMILES string of the molecule is CCn1nc(C)c(C(=O)Nc2ccc(N3CCOCC3)cc2C(N)=O)n1. The van der Waals surface area contributed by atoms with Gasteiger partial charge in [0.15, 0.2) is 5.69 Å². The number of nitrogens with two attached hydrogens (primary N) is 1. The Bertz CT molecular complexity index is 826. The standard InChI is InChI=1S/C17H22N6O3/c1-3-23-20-11(2)15(21-23)17(25)19-14-5-4-12(10-13(14)16(18)24)22-6-8-26-9-7-22/h4-5,10H,3,6-9H2,1-2H3,(H2,18,24)(H,19,25). The molecule has 2 amide bonds. The highest BCUT2D eigenvalue weighted by molar-refractivity contribution is 6.08.